The van der Waals surface area contributed by atoms with Crippen LogP contribution in [0.5, 0.6) is 0 Å². The van der Waals surface area contributed by atoms with E-state index in [0.29, 0.717) is 12.8 Å². The molecular weight excluding hydrogens is 403 g/mol. The molecule has 9 nitrogen and oxygen atoms in total. The third-order valence-corrected chi connectivity index (χ3v) is 5.99. The number of rotatable bonds is 11. The van der Waals surface area contributed by atoms with Crippen LogP contribution in [0.2, 0.25) is 0 Å². The molecular formula is C19H37O9P. The second-order valence-corrected chi connectivity index (χ2v) is 9.96. The van der Waals surface area contributed by atoms with E-state index in [4.69, 9.17) is 28.0 Å². The lowest BCUT2D eigenvalue weighted by Gasteiger charge is -2.33. The Bertz CT molecular complexity index is 558. The highest BCUT2D eigenvalue weighted by Crippen LogP contribution is 2.50. The van der Waals surface area contributed by atoms with Crippen LogP contribution in [0.3, 0.4) is 0 Å². The second kappa shape index (κ2) is 10.5. The maximum atomic E-state index is 12.6. The first-order chi connectivity index (χ1) is 13.5. The lowest BCUT2D eigenvalue weighted by Crippen LogP contribution is -2.49. The van der Waals surface area contributed by atoms with Crippen molar-refractivity contribution in [3.63, 3.8) is 0 Å². The van der Waals surface area contributed by atoms with Crippen molar-refractivity contribution in [1.29, 1.82) is 0 Å². The van der Waals surface area contributed by atoms with Gasteiger partial charge in [0.25, 0.3) is 0 Å². The average molecular weight is 440 g/mol. The quantitative estimate of drug-likeness (QED) is 0.468. The van der Waals surface area contributed by atoms with Gasteiger partial charge in [-0.15, -0.1) is 0 Å². The Morgan fingerprint density at radius 3 is 2.41 bits per heavy atom. The number of hydrogen-bond donors (Lipinski definition) is 2. The van der Waals surface area contributed by atoms with E-state index in [1.807, 2.05) is 41.5 Å². The molecule has 2 rings (SSSR count). The molecule has 10 heteroatoms. The molecule has 0 aromatic rings. The first kappa shape index (κ1) is 25.2. The molecule has 0 amide bonds. The highest BCUT2D eigenvalue weighted by Gasteiger charge is 2.51. The van der Waals surface area contributed by atoms with Gasteiger partial charge in [0.15, 0.2) is 0 Å². The van der Waals surface area contributed by atoms with Gasteiger partial charge >= 0.3 is 7.82 Å². The third kappa shape index (κ3) is 7.23. The molecule has 1 unspecified atom stereocenters. The summed E-state index contributed by atoms with van der Waals surface area (Å²) in [6.07, 6.45) is -0.840. The normalized spacial score (nSPS) is 37.5. The Morgan fingerprint density at radius 2 is 1.83 bits per heavy atom. The van der Waals surface area contributed by atoms with E-state index in [2.05, 4.69) is 0 Å². The summed E-state index contributed by atoms with van der Waals surface area (Å²) in [6.45, 7) is 10.8. The predicted octanol–water partition coefficient (Wildman–Crippen LogP) is 2.42. The fourth-order valence-corrected chi connectivity index (χ4v) is 4.71. The monoisotopic (exact) mass is 440 g/mol. The molecule has 2 saturated heterocycles. The number of aliphatic hydroxyl groups excluding tert-OH is 1. The second-order valence-electron chi connectivity index (χ2n) is 8.55. The summed E-state index contributed by atoms with van der Waals surface area (Å²) in [5.41, 5.74) is -1.22. The van der Waals surface area contributed by atoms with E-state index in [1.54, 1.807) is 0 Å². The highest BCUT2D eigenvalue weighted by molar-refractivity contribution is 7.47. The topological polar surface area (TPSA) is 113 Å². The van der Waals surface area contributed by atoms with E-state index >= 15 is 0 Å². The molecule has 0 aromatic carbocycles. The van der Waals surface area contributed by atoms with E-state index in [-0.39, 0.29) is 43.7 Å². The maximum Gasteiger partial charge on any atom is 0.472 e. The van der Waals surface area contributed by atoms with Crippen LogP contribution in [0.4, 0.5) is 0 Å². The van der Waals surface area contributed by atoms with Crippen LogP contribution in [-0.2, 0) is 32.6 Å². The van der Waals surface area contributed by atoms with Crippen molar-refractivity contribution in [2.24, 2.45) is 0 Å². The number of hydrogen-bond acceptors (Lipinski definition) is 8. The van der Waals surface area contributed by atoms with Crippen molar-refractivity contribution < 1.29 is 42.6 Å². The van der Waals surface area contributed by atoms with Crippen molar-refractivity contribution in [2.75, 3.05) is 19.8 Å². The van der Waals surface area contributed by atoms with Crippen molar-refractivity contribution in [1.82, 2.24) is 0 Å². The van der Waals surface area contributed by atoms with E-state index in [9.17, 15) is 14.6 Å². The Hall–Kier alpha value is -0.0900. The summed E-state index contributed by atoms with van der Waals surface area (Å²) in [7, 11) is -4.42. The van der Waals surface area contributed by atoms with Gasteiger partial charge in [-0.05, 0) is 41.5 Å². The average Bonchev–Trinajstić information content (AvgIpc) is 3.09. The number of phosphoric acid groups is 1. The molecule has 172 valence electrons. The van der Waals surface area contributed by atoms with Crippen LogP contribution < -0.4 is 0 Å². The van der Waals surface area contributed by atoms with Crippen LogP contribution in [-0.4, -0.2) is 78.1 Å². The molecule has 0 radical (unpaired) electrons. The molecule has 0 bridgehead atoms. The largest absolute Gasteiger partial charge is 0.472 e. The molecule has 2 heterocycles. The molecule has 7 atom stereocenters. The third-order valence-electron chi connectivity index (χ3n) is 4.99. The summed E-state index contributed by atoms with van der Waals surface area (Å²) in [6, 6.07) is 0. The molecule has 2 N–H and O–H groups in total. The summed E-state index contributed by atoms with van der Waals surface area (Å²) in [5, 5.41) is 9.93. The lowest BCUT2D eigenvalue weighted by atomic mass is 9.98. The van der Waals surface area contributed by atoms with Crippen LogP contribution in [0.25, 0.3) is 0 Å². The standard InChI is InChI=1S/C19H37O9P/c1-12(2)23-11-19(10-20)18(8-15(6)27-19)28-29(21,22)24-9-17-16(25-13(3)4)7-14(5)26-17/h12-18,20H,7-11H2,1-6H3,(H,21,22)/t14-,15-,16+,17+,18+,19+/m0/s1. The fraction of sp³-hybridized carbons (Fsp3) is 1.00. The maximum absolute atomic E-state index is 12.6. The Kier molecular flexibility index (Phi) is 9.10. The van der Waals surface area contributed by atoms with Gasteiger partial charge in [0.2, 0.25) is 0 Å². The van der Waals surface area contributed by atoms with Crippen molar-refractivity contribution in [3.05, 3.63) is 0 Å². The minimum absolute atomic E-state index is 0.0110. The van der Waals surface area contributed by atoms with Crippen LogP contribution in [0.15, 0.2) is 0 Å². The summed E-state index contributed by atoms with van der Waals surface area (Å²) >= 11 is 0. The minimum atomic E-state index is -4.42. The van der Waals surface area contributed by atoms with Gasteiger partial charge in [-0.25, -0.2) is 4.57 Å². The zero-order valence-corrected chi connectivity index (χ0v) is 19.2. The van der Waals surface area contributed by atoms with Gasteiger partial charge in [0.1, 0.15) is 17.8 Å². The Balaban J connectivity index is 1.98. The zero-order chi connectivity index (χ0) is 21.8. The van der Waals surface area contributed by atoms with Crippen LogP contribution in [0, 0.1) is 0 Å². The van der Waals surface area contributed by atoms with Crippen molar-refractivity contribution in [2.45, 2.75) is 103 Å². The smallest absolute Gasteiger partial charge is 0.393 e. The molecule has 2 fully saturated rings. The molecule has 0 aromatic heterocycles. The lowest BCUT2D eigenvalue weighted by molar-refractivity contribution is -0.151. The van der Waals surface area contributed by atoms with Crippen LogP contribution >= 0.6 is 7.82 Å². The fourth-order valence-electron chi connectivity index (χ4n) is 3.72. The van der Waals surface area contributed by atoms with Crippen molar-refractivity contribution in [3.8, 4) is 0 Å². The Labute approximate surface area is 173 Å². The first-order valence-electron chi connectivity index (χ1n) is 10.3. The van der Waals surface area contributed by atoms with Gasteiger partial charge < -0.3 is 28.9 Å². The Morgan fingerprint density at radius 1 is 1.14 bits per heavy atom. The van der Waals surface area contributed by atoms with Gasteiger partial charge in [0, 0.05) is 12.8 Å². The molecule has 29 heavy (non-hydrogen) atoms. The molecule has 2 aliphatic rings. The van der Waals surface area contributed by atoms with Gasteiger partial charge in [-0.2, -0.15) is 0 Å². The molecule has 0 aliphatic carbocycles. The number of ether oxygens (including phenoxy) is 4. The number of aliphatic hydroxyl groups is 1. The van der Waals surface area contributed by atoms with E-state index in [1.165, 1.54) is 0 Å². The summed E-state index contributed by atoms with van der Waals surface area (Å²) < 4.78 is 46.3. The SMILES string of the molecule is CC(C)OC[C@@]1(CO)O[C@@H](C)C[C@H]1OP(=O)(O)OC[C@H]1O[C@@H](C)C[C@H]1OC(C)C. The van der Waals surface area contributed by atoms with Crippen LogP contribution in [0.1, 0.15) is 54.4 Å². The van der Waals surface area contributed by atoms with Gasteiger partial charge in [-0.3, -0.25) is 9.05 Å². The molecule has 2 aliphatic heterocycles. The molecule has 0 spiro atoms. The van der Waals surface area contributed by atoms with E-state index in [0.717, 1.165) is 0 Å². The summed E-state index contributed by atoms with van der Waals surface area (Å²) in [5.74, 6) is 0. The molecule has 0 saturated carbocycles. The van der Waals surface area contributed by atoms with Gasteiger partial charge in [-0.1, -0.05) is 0 Å². The van der Waals surface area contributed by atoms with E-state index < -0.39 is 32.2 Å². The first-order valence-corrected chi connectivity index (χ1v) is 11.8. The zero-order valence-electron chi connectivity index (χ0n) is 18.3. The minimum Gasteiger partial charge on any atom is -0.393 e. The summed E-state index contributed by atoms with van der Waals surface area (Å²) in [4.78, 5) is 10.3. The number of phosphoric ester groups is 1. The van der Waals surface area contributed by atoms with Crippen molar-refractivity contribution >= 4 is 7.82 Å². The van der Waals surface area contributed by atoms with Gasteiger partial charge in [0.05, 0.1) is 50.3 Å². The highest BCUT2D eigenvalue weighted by atomic mass is 31.2. The predicted molar refractivity (Wildman–Crippen MR) is 106 cm³/mol.